The molecule has 0 aliphatic heterocycles. The molecule has 1 N–H and O–H groups in total. The molecule has 52 valence electrons. The first-order valence-corrected chi connectivity index (χ1v) is 3.16. The fourth-order valence-corrected chi connectivity index (χ4v) is 0.475. The highest BCUT2D eigenvalue weighted by Gasteiger charge is 1.73. The lowest BCUT2D eigenvalue weighted by atomic mass is 10.2. The van der Waals surface area contributed by atoms with E-state index in [0.29, 0.717) is 0 Å². The normalized spacial score (nSPS) is 10.1. The summed E-state index contributed by atoms with van der Waals surface area (Å²) in [7, 11) is 0. The highest BCUT2D eigenvalue weighted by Crippen LogP contribution is 1.92. The largest absolute Gasteiger partial charge is 0.392 e. The predicted molar refractivity (Wildman–Crippen MR) is 40.3 cm³/mol. The second-order valence-electron chi connectivity index (χ2n) is 2.17. The summed E-state index contributed by atoms with van der Waals surface area (Å²) < 4.78 is 0. The van der Waals surface area contributed by atoms with Gasteiger partial charge in [-0.15, -0.1) is 0 Å². The molecule has 0 aromatic rings. The van der Waals surface area contributed by atoms with Crippen LogP contribution in [-0.2, 0) is 0 Å². The van der Waals surface area contributed by atoms with E-state index >= 15 is 0 Å². The van der Waals surface area contributed by atoms with E-state index in [2.05, 4.69) is 19.9 Å². The first kappa shape index (κ1) is 8.44. The number of aliphatic hydroxyl groups excluding tert-OH is 1. The van der Waals surface area contributed by atoms with Gasteiger partial charge in [-0.1, -0.05) is 23.8 Å². The number of hydrogen-bond acceptors (Lipinski definition) is 1. The SMILES string of the molecule is CC(C)=CC/C=C\CO. The fourth-order valence-electron chi connectivity index (χ4n) is 0.475. The van der Waals surface area contributed by atoms with Gasteiger partial charge >= 0.3 is 0 Å². The molecular formula is C8H14O. The Kier molecular flexibility index (Phi) is 5.23. The Morgan fingerprint density at radius 2 is 2.00 bits per heavy atom. The minimum Gasteiger partial charge on any atom is -0.392 e. The Labute approximate surface area is 56.7 Å². The van der Waals surface area contributed by atoms with E-state index in [1.54, 1.807) is 6.08 Å². The van der Waals surface area contributed by atoms with Crippen LogP contribution in [0.2, 0.25) is 0 Å². The number of hydrogen-bond donors (Lipinski definition) is 1. The third kappa shape index (κ3) is 7.44. The first-order valence-electron chi connectivity index (χ1n) is 3.16. The lowest BCUT2D eigenvalue weighted by Crippen LogP contribution is -1.70. The van der Waals surface area contributed by atoms with Crippen molar-refractivity contribution in [3.63, 3.8) is 0 Å². The summed E-state index contributed by atoms with van der Waals surface area (Å²) in [6.07, 6.45) is 6.75. The van der Waals surface area contributed by atoms with Gasteiger partial charge in [0.05, 0.1) is 6.61 Å². The van der Waals surface area contributed by atoms with Crippen LogP contribution in [0.4, 0.5) is 0 Å². The Hall–Kier alpha value is -0.560. The van der Waals surface area contributed by atoms with Crippen LogP contribution in [0.5, 0.6) is 0 Å². The van der Waals surface area contributed by atoms with Crippen LogP contribution in [0.3, 0.4) is 0 Å². The summed E-state index contributed by atoms with van der Waals surface area (Å²) in [4.78, 5) is 0. The molecule has 0 aliphatic carbocycles. The van der Waals surface area contributed by atoms with Crippen molar-refractivity contribution in [1.29, 1.82) is 0 Å². The average Bonchev–Trinajstić information content (AvgIpc) is 1.80. The van der Waals surface area contributed by atoms with Crippen LogP contribution in [0, 0.1) is 0 Å². The lowest BCUT2D eigenvalue weighted by molar-refractivity contribution is 0.342. The molecule has 0 saturated carbocycles. The molecule has 0 heterocycles. The zero-order valence-electron chi connectivity index (χ0n) is 6.09. The van der Waals surface area contributed by atoms with E-state index < -0.39 is 0 Å². The van der Waals surface area contributed by atoms with Gasteiger partial charge in [-0.05, 0) is 20.3 Å². The molecule has 1 heteroatoms. The van der Waals surface area contributed by atoms with Crippen molar-refractivity contribution >= 4 is 0 Å². The van der Waals surface area contributed by atoms with E-state index in [1.165, 1.54) is 5.57 Å². The van der Waals surface area contributed by atoms with E-state index in [0.717, 1.165) is 6.42 Å². The fraction of sp³-hybridized carbons (Fsp3) is 0.500. The highest BCUT2D eigenvalue weighted by molar-refractivity contribution is 4.98. The van der Waals surface area contributed by atoms with Gasteiger partial charge in [0.1, 0.15) is 0 Å². The molecule has 0 rings (SSSR count). The Morgan fingerprint density at radius 3 is 2.44 bits per heavy atom. The third-order valence-corrected chi connectivity index (χ3v) is 0.934. The van der Waals surface area contributed by atoms with E-state index in [1.807, 2.05) is 6.08 Å². The molecular weight excluding hydrogens is 112 g/mol. The van der Waals surface area contributed by atoms with Gasteiger partial charge in [-0.25, -0.2) is 0 Å². The van der Waals surface area contributed by atoms with Crippen LogP contribution in [0.15, 0.2) is 23.8 Å². The van der Waals surface area contributed by atoms with Gasteiger partial charge in [0.2, 0.25) is 0 Å². The summed E-state index contributed by atoms with van der Waals surface area (Å²) in [6.45, 7) is 4.27. The highest BCUT2D eigenvalue weighted by atomic mass is 16.2. The molecule has 0 radical (unpaired) electrons. The van der Waals surface area contributed by atoms with E-state index in [-0.39, 0.29) is 6.61 Å². The lowest BCUT2D eigenvalue weighted by Gasteiger charge is -1.84. The zero-order chi connectivity index (χ0) is 7.11. The Balaban J connectivity index is 3.29. The van der Waals surface area contributed by atoms with Crippen molar-refractivity contribution in [1.82, 2.24) is 0 Å². The van der Waals surface area contributed by atoms with Crippen LogP contribution in [-0.4, -0.2) is 11.7 Å². The van der Waals surface area contributed by atoms with Crippen LogP contribution >= 0.6 is 0 Å². The summed E-state index contributed by atoms with van der Waals surface area (Å²) >= 11 is 0. The molecule has 0 atom stereocenters. The van der Waals surface area contributed by atoms with Crippen molar-refractivity contribution in [2.45, 2.75) is 20.3 Å². The Bertz CT molecular complexity index is 108. The van der Waals surface area contributed by atoms with Crippen LogP contribution in [0.25, 0.3) is 0 Å². The summed E-state index contributed by atoms with van der Waals surface area (Å²) in [5.41, 5.74) is 1.32. The van der Waals surface area contributed by atoms with Gasteiger partial charge in [0.15, 0.2) is 0 Å². The van der Waals surface area contributed by atoms with Gasteiger partial charge in [-0.2, -0.15) is 0 Å². The van der Waals surface area contributed by atoms with Crippen LogP contribution in [0.1, 0.15) is 20.3 Å². The Morgan fingerprint density at radius 1 is 1.33 bits per heavy atom. The van der Waals surface area contributed by atoms with Crippen molar-refractivity contribution in [3.8, 4) is 0 Å². The van der Waals surface area contributed by atoms with E-state index in [9.17, 15) is 0 Å². The molecule has 0 saturated heterocycles. The predicted octanol–water partition coefficient (Wildman–Crippen LogP) is 1.89. The van der Waals surface area contributed by atoms with Crippen molar-refractivity contribution in [3.05, 3.63) is 23.8 Å². The zero-order valence-corrected chi connectivity index (χ0v) is 6.09. The molecule has 9 heavy (non-hydrogen) atoms. The molecule has 0 bridgehead atoms. The number of allylic oxidation sites excluding steroid dienone is 3. The molecule has 0 aromatic heterocycles. The van der Waals surface area contributed by atoms with Crippen molar-refractivity contribution in [2.24, 2.45) is 0 Å². The maximum atomic E-state index is 8.32. The summed E-state index contributed by atoms with van der Waals surface area (Å²) in [5, 5.41) is 8.32. The van der Waals surface area contributed by atoms with Crippen LogP contribution < -0.4 is 0 Å². The topological polar surface area (TPSA) is 20.2 Å². The minimum absolute atomic E-state index is 0.149. The third-order valence-electron chi connectivity index (χ3n) is 0.934. The molecule has 0 aliphatic rings. The second kappa shape index (κ2) is 5.57. The average molecular weight is 126 g/mol. The monoisotopic (exact) mass is 126 g/mol. The van der Waals surface area contributed by atoms with Gasteiger partial charge in [0, 0.05) is 0 Å². The van der Waals surface area contributed by atoms with Crippen molar-refractivity contribution < 1.29 is 5.11 Å². The second-order valence-corrected chi connectivity index (χ2v) is 2.17. The minimum atomic E-state index is 0.149. The quantitative estimate of drug-likeness (QED) is 0.572. The molecule has 1 nitrogen and oxygen atoms in total. The maximum Gasteiger partial charge on any atom is 0.0612 e. The number of aliphatic hydroxyl groups is 1. The molecule has 0 fully saturated rings. The summed E-state index contributed by atoms with van der Waals surface area (Å²) in [5.74, 6) is 0. The summed E-state index contributed by atoms with van der Waals surface area (Å²) in [6, 6.07) is 0. The molecule has 0 amide bonds. The van der Waals surface area contributed by atoms with Gasteiger partial charge < -0.3 is 5.11 Å². The maximum absolute atomic E-state index is 8.32. The number of rotatable bonds is 3. The van der Waals surface area contributed by atoms with Gasteiger partial charge in [-0.3, -0.25) is 0 Å². The standard InChI is InChI=1S/C8H14O/c1-8(2)6-4-3-5-7-9/h3,5-6,9H,4,7H2,1-2H3/b5-3-. The van der Waals surface area contributed by atoms with Crippen molar-refractivity contribution in [2.75, 3.05) is 6.61 Å². The van der Waals surface area contributed by atoms with E-state index in [4.69, 9.17) is 5.11 Å². The first-order chi connectivity index (χ1) is 4.27. The smallest absolute Gasteiger partial charge is 0.0612 e. The molecule has 0 unspecified atom stereocenters. The molecule has 0 spiro atoms. The van der Waals surface area contributed by atoms with Gasteiger partial charge in [0.25, 0.3) is 0 Å². The molecule has 0 aromatic carbocycles.